The average Bonchev–Trinajstić information content (AvgIpc) is 2.30. The summed E-state index contributed by atoms with van der Waals surface area (Å²) in [6, 6.07) is 0. The average molecular weight is 251 g/mol. The van der Waals surface area contributed by atoms with Crippen molar-refractivity contribution < 1.29 is 9.53 Å². The highest BCUT2D eigenvalue weighted by molar-refractivity contribution is 5.85. The van der Waals surface area contributed by atoms with Crippen molar-refractivity contribution in [2.45, 2.75) is 45.3 Å². The quantitative estimate of drug-likeness (QED) is 0.786. The van der Waals surface area contributed by atoms with Gasteiger partial charge in [-0.1, -0.05) is 13.8 Å². The molecule has 1 aliphatic heterocycles. The van der Waals surface area contributed by atoms with Gasteiger partial charge in [0.1, 0.15) is 6.10 Å². The molecule has 5 heteroatoms. The van der Waals surface area contributed by atoms with Crippen molar-refractivity contribution in [2.24, 2.45) is 0 Å². The molecule has 1 fully saturated rings. The molecular weight excluding hydrogens is 228 g/mol. The number of halogens is 1. The lowest BCUT2D eigenvalue weighted by molar-refractivity contribution is -0.136. The fourth-order valence-corrected chi connectivity index (χ4v) is 1.54. The Kier molecular flexibility index (Phi) is 6.95. The normalized spacial score (nSPS) is 21.1. The number of morpholine rings is 1. The van der Waals surface area contributed by atoms with Gasteiger partial charge in [0, 0.05) is 18.6 Å². The predicted octanol–water partition coefficient (Wildman–Crippen LogP) is 1.09. The molecule has 16 heavy (non-hydrogen) atoms. The van der Waals surface area contributed by atoms with Crippen LogP contribution in [0.25, 0.3) is 0 Å². The second-order valence-electron chi connectivity index (χ2n) is 4.32. The fraction of sp³-hybridized carbons (Fsp3) is 0.909. The highest BCUT2D eigenvalue weighted by Crippen LogP contribution is 2.14. The summed E-state index contributed by atoms with van der Waals surface area (Å²) in [5, 5.41) is 6.21. The third-order valence-corrected chi connectivity index (χ3v) is 3.21. The standard InChI is InChI=1S/C11H22N2O2.ClH/c1-4-11(3,5-2)13-10(14)9-8-12-6-7-15-9;/h9,12H,4-8H2,1-3H3,(H,13,14);1H/t9-;/m1./s1. The lowest BCUT2D eigenvalue weighted by Crippen LogP contribution is -2.54. The Bertz CT molecular complexity index is 214. The van der Waals surface area contributed by atoms with Gasteiger partial charge in [-0.25, -0.2) is 0 Å². The van der Waals surface area contributed by atoms with Crippen molar-refractivity contribution in [3.63, 3.8) is 0 Å². The molecule has 0 unspecified atom stereocenters. The van der Waals surface area contributed by atoms with Gasteiger partial charge in [0.2, 0.25) is 0 Å². The van der Waals surface area contributed by atoms with E-state index < -0.39 is 0 Å². The zero-order valence-electron chi connectivity index (χ0n) is 10.3. The fourth-order valence-electron chi connectivity index (χ4n) is 1.54. The number of ether oxygens (including phenoxy) is 1. The Morgan fingerprint density at radius 2 is 2.12 bits per heavy atom. The first-order chi connectivity index (χ1) is 7.11. The van der Waals surface area contributed by atoms with Gasteiger partial charge in [0.15, 0.2) is 0 Å². The molecule has 1 heterocycles. The Morgan fingerprint density at radius 3 is 2.56 bits per heavy atom. The smallest absolute Gasteiger partial charge is 0.250 e. The molecule has 1 atom stereocenters. The predicted molar refractivity (Wildman–Crippen MR) is 67.0 cm³/mol. The van der Waals surface area contributed by atoms with Crippen LogP contribution in [0.5, 0.6) is 0 Å². The maximum absolute atomic E-state index is 11.9. The van der Waals surface area contributed by atoms with Crippen molar-refractivity contribution >= 4 is 18.3 Å². The van der Waals surface area contributed by atoms with E-state index in [1.165, 1.54) is 0 Å². The van der Waals surface area contributed by atoms with Crippen LogP contribution in [0, 0.1) is 0 Å². The molecule has 1 amide bonds. The lowest BCUT2D eigenvalue weighted by Gasteiger charge is -2.31. The number of hydrogen-bond donors (Lipinski definition) is 2. The summed E-state index contributed by atoms with van der Waals surface area (Å²) < 4.78 is 5.40. The zero-order chi connectivity index (χ0) is 11.3. The second-order valence-corrected chi connectivity index (χ2v) is 4.32. The molecule has 0 aromatic heterocycles. The van der Waals surface area contributed by atoms with E-state index in [9.17, 15) is 4.79 Å². The topological polar surface area (TPSA) is 50.4 Å². The molecule has 0 aliphatic carbocycles. The molecule has 0 bridgehead atoms. The monoisotopic (exact) mass is 250 g/mol. The minimum Gasteiger partial charge on any atom is -0.366 e. The highest BCUT2D eigenvalue weighted by Gasteiger charge is 2.28. The number of carbonyl (C=O) groups excluding carboxylic acids is 1. The Labute approximate surface area is 104 Å². The van der Waals surface area contributed by atoms with Crippen LogP contribution in [0.15, 0.2) is 0 Å². The third-order valence-electron chi connectivity index (χ3n) is 3.21. The van der Waals surface area contributed by atoms with Gasteiger partial charge in [0.25, 0.3) is 5.91 Å². The maximum atomic E-state index is 11.9. The molecule has 0 aromatic rings. The van der Waals surface area contributed by atoms with Crippen molar-refractivity contribution in [2.75, 3.05) is 19.7 Å². The minimum atomic E-state index is -0.323. The Balaban J connectivity index is 0.00000225. The van der Waals surface area contributed by atoms with Gasteiger partial charge in [-0.2, -0.15) is 0 Å². The summed E-state index contributed by atoms with van der Waals surface area (Å²) in [5.74, 6) is 0.00778. The summed E-state index contributed by atoms with van der Waals surface area (Å²) in [7, 11) is 0. The molecule has 0 aromatic carbocycles. The van der Waals surface area contributed by atoms with Crippen LogP contribution in [-0.2, 0) is 9.53 Å². The van der Waals surface area contributed by atoms with Crippen molar-refractivity contribution in [3.8, 4) is 0 Å². The second kappa shape index (κ2) is 7.09. The maximum Gasteiger partial charge on any atom is 0.250 e. The molecular formula is C11H23ClN2O2. The van der Waals surface area contributed by atoms with Crippen LogP contribution in [-0.4, -0.2) is 37.2 Å². The van der Waals surface area contributed by atoms with E-state index >= 15 is 0 Å². The number of rotatable bonds is 4. The summed E-state index contributed by atoms with van der Waals surface area (Å²) in [5.41, 5.74) is -0.0993. The molecule has 96 valence electrons. The number of carbonyl (C=O) groups is 1. The van der Waals surface area contributed by atoms with E-state index in [0.29, 0.717) is 13.2 Å². The summed E-state index contributed by atoms with van der Waals surface area (Å²) >= 11 is 0. The van der Waals surface area contributed by atoms with Crippen LogP contribution in [0.2, 0.25) is 0 Å². The molecule has 1 aliphatic rings. The summed E-state index contributed by atoms with van der Waals surface area (Å²) in [6.45, 7) is 8.32. The number of amides is 1. The van der Waals surface area contributed by atoms with Crippen molar-refractivity contribution in [1.82, 2.24) is 10.6 Å². The van der Waals surface area contributed by atoms with Crippen molar-refractivity contribution in [1.29, 1.82) is 0 Å². The number of hydrogen-bond acceptors (Lipinski definition) is 3. The first kappa shape index (κ1) is 15.7. The van der Waals surface area contributed by atoms with Crippen molar-refractivity contribution in [3.05, 3.63) is 0 Å². The van der Waals surface area contributed by atoms with E-state index in [1.54, 1.807) is 0 Å². The third kappa shape index (κ3) is 4.28. The van der Waals surface area contributed by atoms with Gasteiger partial charge in [0.05, 0.1) is 6.61 Å². The molecule has 1 saturated heterocycles. The molecule has 0 spiro atoms. The van der Waals surface area contributed by atoms with Crippen LogP contribution >= 0.6 is 12.4 Å². The highest BCUT2D eigenvalue weighted by atomic mass is 35.5. The minimum absolute atomic E-state index is 0. The first-order valence-electron chi connectivity index (χ1n) is 5.75. The molecule has 0 radical (unpaired) electrons. The van der Waals surface area contributed by atoms with Gasteiger partial charge >= 0.3 is 0 Å². The lowest BCUT2D eigenvalue weighted by atomic mass is 9.95. The number of nitrogens with one attached hydrogen (secondary N) is 2. The summed E-state index contributed by atoms with van der Waals surface area (Å²) in [6.07, 6.45) is 1.56. The summed E-state index contributed by atoms with van der Waals surface area (Å²) in [4.78, 5) is 11.9. The first-order valence-corrected chi connectivity index (χ1v) is 5.75. The molecule has 0 saturated carbocycles. The zero-order valence-corrected chi connectivity index (χ0v) is 11.2. The molecule has 4 nitrogen and oxygen atoms in total. The molecule has 1 rings (SSSR count). The van der Waals surface area contributed by atoms with Gasteiger partial charge in [-0.05, 0) is 19.8 Å². The largest absolute Gasteiger partial charge is 0.366 e. The Hall–Kier alpha value is -0.320. The van der Waals surface area contributed by atoms with E-state index in [1.807, 2.05) is 0 Å². The molecule has 2 N–H and O–H groups in total. The van der Waals surface area contributed by atoms with E-state index in [2.05, 4.69) is 31.4 Å². The Morgan fingerprint density at radius 1 is 1.50 bits per heavy atom. The van der Waals surface area contributed by atoms with Gasteiger partial charge < -0.3 is 15.4 Å². The van der Waals surface area contributed by atoms with E-state index in [0.717, 1.165) is 19.4 Å². The van der Waals surface area contributed by atoms with Crippen LogP contribution in [0.3, 0.4) is 0 Å². The van der Waals surface area contributed by atoms with Gasteiger partial charge in [-0.3, -0.25) is 4.79 Å². The van der Waals surface area contributed by atoms with Crippen LogP contribution < -0.4 is 10.6 Å². The van der Waals surface area contributed by atoms with Gasteiger partial charge in [-0.15, -0.1) is 12.4 Å². The van der Waals surface area contributed by atoms with Crippen LogP contribution in [0.4, 0.5) is 0 Å². The van der Waals surface area contributed by atoms with Crippen LogP contribution in [0.1, 0.15) is 33.6 Å². The van der Waals surface area contributed by atoms with E-state index in [4.69, 9.17) is 4.74 Å². The SMILES string of the molecule is CCC(C)(CC)NC(=O)[C@H]1CNCCO1.Cl. The van der Waals surface area contributed by atoms with E-state index in [-0.39, 0.29) is 30.0 Å².